The molecule has 6 nitrogen and oxygen atoms in total. The predicted molar refractivity (Wildman–Crippen MR) is 90.8 cm³/mol. The average molecular weight is 341 g/mol. The van der Waals surface area contributed by atoms with E-state index in [0.717, 1.165) is 25.9 Å². The van der Waals surface area contributed by atoms with Crippen LogP contribution in [-0.4, -0.2) is 40.8 Å². The van der Waals surface area contributed by atoms with E-state index in [0.29, 0.717) is 16.9 Å². The van der Waals surface area contributed by atoms with Crippen LogP contribution in [0.1, 0.15) is 40.5 Å². The van der Waals surface area contributed by atoms with E-state index in [1.807, 2.05) is 27.7 Å². The van der Waals surface area contributed by atoms with Crippen molar-refractivity contribution >= 4 is 23.6 Å². The molecular weight excluding hydrogens is 316 g/mol. The number of nitrogens with zero attached hydrogens (tertiary/aromatic N) is 3. The van der Waals surface area contributed by atoms with Gasteiger partial charge < -0.3 is 15.0 Å². The van der Waals surface area contributed by atoms with Gasteiger partial charge >= 0.3 is 6.09 Å². The first-order chi connectivity index (χ1) is 10.7. The van der Waals surface area contributed by atoms with Crippen molar-refractivity contribution in [3.8, 4) is 0 Å². The van der Waals surface area contributed by atoms with Crippen LogP contribution in [0.15, 0.2) is 12.4 Å². The Morgan fingerprint density at radius 1 is 1.43 bits per heavy atom. The summed E-state index contributed by atoms with van der Waals surface area (Å²) in [5, 5.41) is 3.47. The lowest BCUT2D eigenvalue weighted by Gasteiger charge is -2.36. The number of carbonyl (C=O) groups is 1. The van der Waals surface area contributed by atoms with Crippen LogP contribution in [0, 0.1) is 5.92 Å². The zero-order valence-corrected chi connectivity index (χ0v) is 14.9. The number of alkyl carbamates (subject to hydrolysis) is 1. The Labute approximate surface area is 142 Å². The summed E-state index contributed by atoms with van der Waals surface area (Å²) in [4.78, 5) is 22.6. The Bertz CT molecular complexity index is 530. The maximum atomic E-state index is 11.9. The van der Waals surface area contributed by atoms with Crippen molar-refractivity contribution in [3.63, 3.8) is 0 Å². The largest absolute Gasteiger partial charge is 0.444 e. The zero-order chi connectivity index (χ0) is 17.0. The molecule has 0 bridgehead atoms. The van der Waals surface area contributed by atoms with E-state index >= 15 is 0 Å². The highest BCUT2D eigenvalue weighted by Gasteiger charge is 2.28. The third-order valence-corrected chi connectivity index (χ3v) is 3.99. The lowest BCUT2D eigenvalue weighted by atomic mass is 9.92. The maximum absolute atomic E-state index is 11.9. The quantitative estimate of drug-likeness (QED) is 0.914. The summed E-state index contributed by atoms with van der Waals surface area (Å²) in [7, 11) is 0. The van der Waals surface area contributed by atoms with Gasteiger partial charge in [0.05, 0.1) is 17.4 Å². The molecule has 0 unspecified atom stereocenters. The van der Waals surface area contributed by atoms with Gasteiger partial charge in [-0.1, -0.05) is 11.6 Å². The van der Waals surface area contributed by atoms with E-state index in [1.165, 1.54) is 0 Å². The molecule has 1 aliphatic heterocycles. The molecule has 0 aromatic carbocycles. The second-order valence-electron chi connectivity index (χ2n) is 6.98. The summed E-state index contributed by atoms with van der Waals surface area (Å²) in [6, 6.07) is 0.0277. The zero-order valence-electron chi connectivity index (χ0n) is 14.2. The van der Waals surface area contributed by atoms with Crippen molar-refractivity contribution in [2.75, 3.05) is 18.0 Å². The van der Waals surface area contributed by atoms with E-state index in [9.17, 15) is 4.79 Å². The first-order valence-corrected chi connectivity index (χ1v) is 8.34. The van der Waals surface area contributed by atoms with Gasteiger partial charge in [-0.2, -0.15) is 0 Å². The highest BCUT2D eigenvalue weighted by atomic mass is 35.5. The molecule has 1 amide bonds. The number of hydrogen-bond acceptors (Lipinski definition) is 5. The molecule has 7 heteroatoms. The molecule has 2 atom stereocenters. The number of nitrogens with one attached hydrogen (secondary N) is 1. The molecule has 1 saturated heterocycles. The second-order valence-corrected chi connectivity index (χ2v) is 7.42. The topological polar surface area (TPSA) is 67.3 Å². The fourth-order valence-corrected chi connectivity index (χ4v) is 2.78. The number of rotatable bonds is 3. The van der Waals surface area contributed by atoms with Gasteiger partial charge in [0.15, 0.2) is 0 Å². The van der Waals surface area contributed by atoms with Gasteiger partial charge in [-0.15, -0.1) is 0 Å². The monoisotopic (exact) mass is 340 g/mol. The molecule has 1 aliphatic rings. The lowest BCUT2D eigenvalue weighted by molar-refractivity contribution is 0.0489. The molecule has 23 heavy (non-hydrogen) atoms. The number of carbonyl (C=O) groups excluding carboxylic acids is 1. The number of aromatic nitrogens is 2. The van der Waals surface area contributed by atoms with Crippen molar-refractivity contribution in [3.05, 3.63) is 17.4 Å². The molecular formula is C16H25ClN4O2. The van der Waals surface area contributed by atoms with Crippen molar-refractivity contribution < 1.29 is 9.53 Å². The maximum Gasteiger partial charge on any atom is 0.407 e. The van der Waals surface area contributed by atoms with Crippen LogP contribution >= 0.6 is 11.6 Å². The van der Waals surface area contributed by atoms with Crippen LogP contribution in [0.5, 0.6) is 0 Å². The first kappa shape index (κ1) is 17.8. The van der Waals surface area contributed by atoms with Crippen LogP contribution in [0.25, 0.3) is 0 Å². The molecule has 1 aromatic heterocycles. The van der Waals surface area contributed by atoms with Crippen molar-refractivity contribution in [2.24, 2.45) is 5.92 Å². The van der Waals surface area contributed by atoms with Crippen LogP contribution in [0.2, 0.25) is 5.02 Å². The Morgan fingerprint density at radius 3 is 2.70 bits per heavy atom. The lowest BCUT2D eigenvalue weighted by Crippen LogP contribution is -2.47. The Balaban J connectivity index is 1.92. The minimum atomic E-state index is -0.487. The third-order valence-electron chi connectivity index (χ3n) is 3.80. The van der Waals surface area contributed by atoms with Crippen molar-refractivity contribution in [1.29, 1.82) is 0 Å². The van der Waals surface area contributed by atoms with Gasteiger partial charge in [-0.05, 0) is 46.5 Å². The fourth-order valence-electron chi connectivity index (χ4n) is 2.68. The van der Waals surface area contributed by atoms with E-state index in [-0.39, 0.29) is 12.1 Å². The molecule has 2 heterocycles. The SMILES string of the molecule is C[C@H](NC(=O)OC(C)(C)C)[C@H]1CCCN(c2ncc(Cl)cn2)C1. The molecule has 1 fully saturated rings. The summed E-state index contributed by atoms with van der Waals surface area (Å²) in [6.45, 7) is 9.31. The molecule has 0 spiro atoms. The van der Waals surface area contributed by atoms with E-state index in [2.05, 4.69) is 20.2 Å². The van der Waals surface area contributed by atoms with E-state index in [1.54, 1.807) is 12.4 Å². The van der Waals surface area contributed by atoms with Crippen LogP contribution in [0.4, 0.5) is 10.7 Å². The summed E-state index contributed by atoms with van der Waals surface area (Å²) in [5.74, 6) is 1.01. The van der Waals surface area contributed by atoms with Gasteiger partial charge in [0.1, 0.15) is 5.60 Å². The number of amides is 1. The molecule has 0 radical (unpaired) electrons. The highest BCUT2D eigenvalue weighted by Crippen LogP contribution is 2.23. The normalized spacial score (nSPS) is 20.0. The first-order valence-electron chi connectivity index (χ1n) is 7.96. The number of ether oxygens (including phenoxy) is 1. The summed E-state index contributed by atoms with van der Waals surface area (Å²) in [5.41, 5.74) is -0.487. The second kappa shape index (κ2) is 7.34. The van der Waals surface area contributed by atoms with Gasteiger partial charge in [0.2, 0.25) is 5.95 Å². The Morgan fingerprint density at radius 2 is 2.09 bits per heavy atom. The molecule has 2 rings (SSSR count). The van der Waals surface area contributed by atoms with E-state index < -0.39 is 5.60 Å². The van der Waals surface area contributed by atoms with E-state index in [4.69, 9.17) is 16.3 Å². The molecule has 128 valence electrons. The average Bonchev–Trinajstić information content (AvgIpc) is 2.46. The molecule has 0 aliphatic carbocycles. The number of anilines is 1. The summed E-state index contributed by atoms with van der Waals surface area (Å²) >= 11 is 5.83. The summed E-state index contributed by atoms with van der Waals surface area (Å²) < 4.78 is 5.32. The molecule has 0 saturated carbocycles. The van der Waals surface area contributed by atoms with Crippen LogP contribution < -0.4 is 10.2 Å². The van der Waals surface area contributed by atoms with Gasteiger partial charge in [-0.3, -0.25) is 0 Å². The Hall–Kier alpha value is -1.56. The predicted octanol–water partition coefficient (Wildman–Crippen LogP) is 3.26. The van der Waals surface area contributed by atoms with Gasteiger partial charge in [0.25, 0.3) is 0 Å². The number of halogens is 1. The highest BCUT2D eigenvalue weighted by molar-refractivity contribution is 6.30. The Kier molecular flexibility index (Phi) is 5.68. The molecule has 1 aromatic rings. The van der Waals surface area contributed by atoms with Crippen LogP contribution in [0.3, 0.4) is 0 Å². The fraction of sp³-hybridized carbons (Fsp3) is 0.688. The third kappa shape index (κ3) is 5.53. The number of hydrogen-bond donors (Lipinski definition) is 1. The number of piperidine rings is 1. The minimum Gasteiger partial charge on any atom is -0.444 e. The van der Waals surface area contributed by atoms with Gasteiger partial charge in [-0.25, -0.2) is 14.8 Å². The minimum absolute atomic E-state index is 0.0277. The summed E-state index contributed by atoms with van der Waals surface area (Å²) in [6.07, 6.45) is 4.94. The standard InChI is InChI=1S/C16H25ClN4O2/c1-11(20-15(22)23-16(2,3)4)12-6-5-7-21(10-12)14-18-8-13(17)9-19-14/h8-9,11-12H,5-7,10H2,1-4H3,(H,20,22)/t11-,12-/m0/s1. The molecule has 1 N–H and O–H groups in total. The van der Waals surface area contributed by atoms with Gasteiger partial charge in [0, 0.05) is 19.1 Å². The van der Waals surface area contributed by atoms with Crippen molar-refractivity contribution in [2.45, 2.75) is 52.2 Å². The van der Waals surface area contributed by atoms with Crippen molar-refractivity contribution in [1.82, 2.24) is 15.3 Å². The van der Waals surface area contributed by atoms with Crippen LogP contribution in [-0.2, 0) is 4.74 Å². The smallest absolute Gasteiger partial charge is 0.407 e.